The molecule has 3 rings (SSSR count). The van der Waals surface area contributed by atoms with Gasteiger partial charge in [-0.1, -0.05) is 23.4 Å². The number of halogens is 2. The topological polar surface area (TPSA) is 3.24 Å². The van der Waals surface area contributed by atoms with Crippen molar-refractivity contribution in [1.82, 2.24) is 4.90 Å². The molecule has 0 saturated heterocycles. The summed E-state index contributed by atoms with van der Waals surface area (Å²) in [6.07, 6.45) is 2.00. The van der Waals surface area contributed by atoms with E-state index in [0.29, 0.717) is 0 Å². The summed E-state index contributed by atoms with van der Waals surface area (Å²) in [5.74, 6) is -0.198. The van der Waals surface area contributed by atoms with E-state index in [9.17, 15) is 4.39 Å². The van der Waals surface area contributed by atoms with Crippen LogP contribution in [0.4, 0.5) is 4.39 Å². The van der Waals surface area contributed by atoms with Crippen molar-refractivity contribution in [3.05, 3.63) is 58.4 Å². The molecule has 1 nitrogen and oxygen atoms in total. The third kappa shape index (κ3) is 3.42. The molecule has 2 aromatic carbocycles. The van der Waals surface area contributed by atoms with Crippen LogP contribution < -0.4 is 0 Å². The van der Waals surface area contributed by atoms with Crippen molar-refractivity contribution in [2.24, 2.45) is 0 Å². The zero-order valence-corrected chi connectivity index (χ0v) is 13.5. The Hall–Kier alpha value is -1.03. The van der Waals surface area contributed by atoms with Crippen molar-refractivity contribution in [1.29, 1.82) is 0 Å². The van der Waals surface area contributed by atoms with Crippen molar-refractivity contribution in [2.45, 2.75) is 22.6 Å². The first-order valence-electron chi connectivity index (χ1n) is 7.06. The van der Waals surface area contributed by atoms with Gasteiger partial charge in [0.05, 0.1) is 0 Å². The molecule has 0 spiro atoms. The normalized spacial score (nSPS) is 15.6. The molecule has 1 heterocycles. The van der Waals surface area contributed by atoms with E-state index in [2.05, 4.69) is 18.0 Å². The van der Waals surface area contributed by atoms with E-state index in [1.54, 1.807) is 11.8 Å². The van der Waals surface area contributed by atoms with Crippen LogP contribution in [0.25, 0.3) is 0 Å². The van der Waals surface area contributed by atoms with E-state index < -0.39 is 0 Å². The van der Waals surface area contributed by atoms with Crippen LogP contribution in [0, 0.1) is 5.82 Å². The Morgan fingerprint density at radius 2 is 1.67 bits per heavy atom. The standard InChI is InChI=1S/C17H17ClFNS/c1-20-10-8-14-15(9-11-20)17(7-6-16(14)18)21-13-4-2-12(19)3-5-13/h2-7H,8-11H2,1H3. The fourth-order valence-corrected chi connectivity index (χ4v) is 3.91. The lowest BCUT2D eigenvalue weighted by atomic mass is 10.0. The highest BCUT2D eigenvalue weighted by atomic mass is 35.5. The molecule has 0 radical (unpaired) electrons. The van der Waals surface area contributed by atoms with Gasteiger partial charge in [-0.05, 0) is 67.4 Å². The molecule has 4 heteroatoms. The van der Waals surface area contributed by atoms with E-state index in [-0.39, 0.29) is 5.82 Å². The van der Waals surface area contributed by atoms with Gasteiger partial charge in [0.25, 0.3) is 0 Å². The van der Waals surface area contributed by atoms with Gasteiger partial charge < -0.3 is 4.90 Å². The molecule has 0 N–H and O–H groups in total. The Morgan fingerprint density at radius 3 is 2.38 bits per heavy atom. The summed E-state index contributed by atoms with van der Waals surface area (Å²) in [6, 6.07) is 10.7. The number of fused-ring (bicyclic) bond motifs is 1. The number of benzene rings is 2. The molecule has 0 aromatic heterocycles. The Bertz CT molecular complexity index is 642. The minimum absolute atomic E-state index is 0.198. The largest absolute Gasteiger partial charge is 0.306 e. The van der Waals surface area contributed by atoms with E-state index in [4.69, 9.17) is 11.6 Å². The van der Waals surface area contributed by atoms with Crippen LogP contribution >= 0.6 is 23.4 Å². The number of rotatable bonds is 2. The van der Waals surface area contributed by atoms with Crippen molar-refractivity contribution < 1.29 is 4.39 Å². The van der Waals surface area contributed by atoms with Crippen molar-refractivity contribution in [3.8, 4) is 0 Å². The van der Waals surface area contributed by atoms with Crippen molar-refractivity contribution in [2.75, 3.05) is 20.1 Å². The van der Waals surface area contributed by atoms with Crippen LogP contribution in [0.3, 0.4) is 0 Å². The van der Waals surface area contributed by atoms with Gasteiger partial charge in [-0.25, -0.2) is 4.39 Å². The molecule has 0 aliphatic carbocycles. The lowest BCUT2D eigenvalue weighted by Crippen LogP contribution is -2.20. The minimum Gasteiger partial charge on any atom is -0.306 e. The second-order valence-corrected chi connectivity index (χ2v) is 6.88. The Labute approximate surface area is 134 Å². The summed E-state index contributed by atoms with van der Waals surface area (Å²) in [5, 5.41) is 0.865. The predicted octanol–water partition coefficient (Wildman–Crippen LogP) is 4.66. The average molecular weight is 322 g/mol. The molecular formula is C17H17ClFNS. The highest BCUT2D eigenvalue weighted by Gasteiger charge is 2.17. The maximum atomic E-state index is 13.0. The first-order valence-corrected chi connectivity index (χ1v) is 8.25. The Balaban J connectivity index is 1.94. The number of likely N-dealkylation sites (N-methyl/N-ethyl adjacent to an activating group) is 1. The smallest absolute Gasteiger partial charge is 0.123 e. The summed E-state index contributed by atoms with van der Waals surface area (Å²) < 4.78 is 13.0. The third-order valence-corrected chi connectivity index (χ3v) is 5.32. The van der Waals surface area contributed by atoms with Crippen LogP contribution in [0.15, 0.2) is 46.2 Å². The van der Waals surface area contributed by atoms with E-state index in [0.717, 1.165) is 35.8 Å². The third-order valence-electron chi connectivity index (χ3n) is 3.86. The maximum Gasteiger partial charge on any atom is 0.123 e. The maximum absolute atomic E-state index is 13.0. The van der Waals surface area contributed by atoms with Gasteiger partial charge in [-0.2, -0.15) is 0 Å². The molecular weight excluding hydrogens is 305 g/mol. The molecule has 0 amide bonds. The molecule has 21 heavy (non-hydrogen) atoms. The number of hydrogen-bond acceptors (Lipinski definition) is 2. The molecule has 1 aliphatic rings. The second-order valence-electron chi connectivity index (χ2n) is 5.36. The van der Waals surface area contributed by atoms with E-state index >= 15 is 0 Å². The molecule has 110 valence electrons. The molecule has 1 aliphatic heterocycles. The summed E-state index contributed by atoms with van der Waals surface area (Å²) in [6.45, 7) is 2.09. The molecule has 0 atom stereocenters. The average Bonchev–Trinajstić information content (AvgIpc) is 2.67. The van der Waals surface area contributed by atoms with Gasteiger partial charge in [0.15, 0.2) is 0 Å². The summed E-state index contributed by atoms with van der Waals surface area (Å²) in [4.78, 5) is 4.62. The van der Waals surface area contributed by atoms with E-state index in [1.807, 2.05) is 18.2 Å². The lowest BCUT2D eigenvalue weighted by molar-refractivity contribution is 0.352. The van der Waals surface area contributed by atoms with Gasteiger partial charge in [0, 0.05) is 27.9 Å². The molecule has 0 saturated carbocycles. The lowest BCUT2D eigenvalue weighted by Gasteiger charge is -2.13. The predicted molar refractivity (Wildman–Crippen MR) is 86.9 cm³/mol. The molecule has 0 unspecified atom stereocenters. The molecule has 0 bridgehead atoms. The zero-order valence-electron chi connectivity index (χ0n) is 11.9. The second kappa shape index (κ2) is 6.39. The highest BCUT2D eigenvalue weighted by molar-refractivity contribution is 7.99. The van der Waals surface area contributed by atoms with E-state index in [1.165, 1.54) is 28.2 Å². The Morgan fingerprint density at radius 1 is 1.00 bits per heavy atom. The monoisotopic (exact) mass is 321 g/mol. The summed E-state index contributed by atoms with van der Waals surface area (Å²) in [7, 11) is 2.15. The fraction of sp³-hybridized carbons (Fsp3) is 0.294. The fourth-order valence-electron chi connectivity index (χ4n) is 2.63. The first-order chi connectivity index (χ1) is 10.1. The quantitative estimate of drug-likeness (QED) is 0.791. The van der Waals surface area contributed by atoms with Gasteiger partial charge in [-0.3, -0.25) is 0 Å². The van der Waals surface area contributed by atoms with Crippen LogP contribution in [0.5, 0.6) is 0 Å². The van der Waals surface area contributed by atoms with Gasteiger partial charge in [0.1, 0.15) is 5.82 Å². The van der Waals surface area contributed by atoms with Crippen LogP contribution in [0.1, 0.15) is 11.1 Å². The summed E-state index contributed by atoms with van der Waals surface area (Å²) in [5.41, 5.74) is 2.62. The minimum atomic E-state index is -0.198. The summed E-state index contributed by atoms with van der Waals surface area (Å²) >= 11 is 8.07. The molecule has 2 aromatic rings. The SMILES string of the molecule is CN1CCc2c(Cl)ccc(Sc3ccc(F)cc3)c2CC1. The Kier molecular flexibility index (Phi) is 4.53. The van der Waals surface area contributed by atoms with Crippen LogP contribution in [-0.2, 0) is 12.8 Å². The van der Waals surface area contributed by atoms with Crippen molar-refractivity contribution >= 4 is 23.4 Å². The van der Waals surface area contributed by atoms with Gasteiger partial charge in [0.2, 0.25) is 0 Å². The van der Waals surface area contributed by atoms with Crippen LogP contribution in [-0.4, -0.2) is 25.0 Å². The van der Waals surface area contributed by atoms with Gasteiger partial charge >= 0.3 is 0 Å². The van der Waals surface area contributed by atoms with Gasteiger partial charge in [-0.15, -0.1) is 0 Å². The number of hydrogen-bond donors (Lipinski definition) is 0. The molecule has 0 fully saturated rings. The first kappa shape index (κ1) is 14.9. The number of nitrogens with zero attached hydrogens (tertiary/aromatic N) is 1. The zero-order chi connectivity index (χ0) is 14.8. The van der Waals surface area contributed by atoms with Crippen molar-refractivity contribution in [3.63, 3.8) is 0 Å². The van der Waals surface area contributed by atoms with Crippen LogP contribution in [0.2, 0.25) is 5.02 Å². The highest BCUT2D eigenvalue weighted by Crippen LogP contribution is 2.36.